The number of halogens is 1. The first-order valence-electron chi connectivity index (χ1n) is 8.69. The Kier molecular flexibility index (Phi) is 5.79. The number of ether oxygens (including phenoxy) is 1. The van der Waals surface area contributed by atoms with Gasteiger partial charge in [0, 0.05) is 12.6 Å². The number of hydrogen-bond donors (Lipinski definition) is 1. The summed E-state index contributed by atoms with van der Waals surface area (Å²) in [6, 6.07) is 10.1. The van der Waals surface area contributed by atoms with Gasteiger partial charge in [-0.3, -0.25) is 0 Å². The molecule has 0 radical (unpaired) electrons. The van der Waals surface area contributed by atoms with E-state index in [-0.39, 0.29) is 12.3 Å². The van der Waals surface area contributed by atoms with Crippen LogP contribution >= 0.6 is 0 Å². The first kappa shape index (κ1) is 20.8. The molecule has 1 N–H and O–H groups in total. The maximum Gasteiger partial charge on any atom is 0.186 e. The normalized spacial score (nSPS) is 21.5. The van der Waals surface area contributed by atoms with E-state index in [1.807, 2.05) is 0 Å². The minimum atomic E-state index is -4.16. The van der Waals surface area contributed by atoms with Crippen LogP contribution in [-0.4, -0.2) is 46.7 Å². The molecular weight excluding hydrogens is 405 g/mol. The molecule has 3 rings (SSSR count). The summed E-state index contributed by atoms with van der Waals surface area (Å²) >= 11 is 0. The Bertz CT molecular complexity index is 1070. The van der Waals surface area contributed by atoms with Crippen LogP contribution < -0.4 is 10.1 Å². The fourth-order valence-electron chi connectivity index (χ4n) is 3.30. The van der Waals surface area contributed by atoms with Crippen LogP contribution in [0.4, 0.5) is 4.39 Å². The first-order valence-corrected chi connectivity index (χ1v) is 12.1. The Morgan fingerprint density at radius 3 is 2.46 bits per heavy atom. The van der Waals surface area contributed by atoms with E-state index in [0.717, 1.165) is 11.6 Å². The summed E-state index contributed by atoms with van der Waals surface area (Å²) in [5, 5.41) is 1.79. The van der Waals surface area contributed by atoms with Crippen molar-refractivity contribution in [3.8, 4) is 5.75 Å². The van der Waals surface area contributed by atoms with Gasteiger partial charge in [0.1, 0.15) is 16.5 Å². The Hall–Kier alpha value is -1.97. The fraction of sp³-hybridized carbons (Fsp3) is 0.368. The standard InChI is InChI=1S/C19H22FNO5S2/c1-13-3-8-16(20)18(9-13)28(24,25)19-12-27(22,23)11-17(19)21-10-14-4-6-15(26-2)7-5-14/h3-9,17,19,21H,10-12H2,1-2H3/t17-,19-/m0/s1. The van der Waals surface area contributed by atoms with Crippen LogP contribution in [0.1, 0.15) is 11.1 Å². The lowest BCUT2D eigenvalue weighted by Gasteiger charge is -2.20. The second-order valence-electron chi connectivity index (χ2n) is 6.93. The molecule has 0 amide bonds. The molecular formula is C19H22FNO5S2. The predicted octanol–water partition coefficient (Wildman–Crippen LogP) is 1.87. The quantitative estimate of drug-likeness (QED) is 0.757. The van der Waals surface area contributed by atoms with Crippen molar-refractivity contribution >= 4 is 19.7 Å². The minimum absolute atomic E-state index is 0.284. The summed E-state index contributed by atoms with van der Waals surface area (Å²) in [4.78, 5) is -0.453. The van der Waals surface area contributed by atoms with E-state index >= 15 is 0 Å². The molecule has 6 nitrogen and oxygen atoms in total. The van der Waals surface area contributed by atoms with E-state index in [1.54, 1.807) is 38.3 Å². The maximum absolute atomic E-state index is 14.2. The smallest absolute Gasteiger partial charge is 0.186 e. The van der Waals surface area contributed by atoms with Crippen molar-refractivity contribution in [3.63, 3.8) is 0 Å². The molecule has 2 aromatic rings. The van der Waals surface area contributed by atoms with Gasteiger partial charge < -0.3 is 10.1 Å². The highest BCUT2D eigenvalue weighted by atomic mass is 32.2. The molecule has 0 aliphatic carbocycles. The molecule has 1 fully saturated rings. The number of aryl methyl sites for hydroxylation is 1. The van der Waals surface area contributed by atoms with Crippen LogP contribution in [0.2, 0.25) is 0 Å². The van der Waals surface area contributed by atoms with Gasteiger partial charge in [0.05, 0.1) is 23.9 Å². The lowest BCUT2D eigenvalue weighted by molar-refractivity contribution is 0.414. The molecule has 9 heteroatoms. The van der Waals surface area contributed by atoms with E-state index in [2.05, 4.69) is 5.32 Å². The molecule has 0 saturated carbocycles. The summed E-state index contributed by atoms with van der Waals surface area (Å²) in [7, 11) is -6.17. The van der Waals surface area contributed by atoms with Crippen molar-refractivity contribution in [2.75, 3.05) is 18.6 Å². The van der Waals surface area contributed by atoms with Gasteiger partial charge in [-0.2, -0.15) is 0 Å². The van der Waals surface area contributed by atoms with Gasteiger partial charge in [-0.1, -0.05) is 18.2 Å². The van der Waals surface area contributed by atoms with Gasteiger partial charge in [0.2, 0.25) is 0 Å². The second kappa shape index (κ2) is 7.81. The molecule has 0 bridgehead atoms. The minimum Gasteiger partial charge on any atom is -0.497 e. The fourth-order valence-corrected chi connectivity index (χ4v) is 8.16. The third-order valence-corrected chi connectivity index (χ3v) is 8.98. The van der Waals surface area contributed by atoms with Gasteiger partial charge in [-0.05, 0) is 42.3 Å². The molecule has 0 aromatic heterocycles. The van der Waals surface area contributed by atoms with Crippen molar-refractivity contribution in [1.82, 2.24) is 5.32 Å². The third kappa shape index (κ3) is 4.37. The van der Waals surface area contributed by atoms with Gasteiger partial charge in [-0.25, -0.2) is 21.2 Å². The Morgan fingerprint density at radius 2 is 1.82 bits per heavy atom. The van der Waals surface area contributed by atoms with Crippen LogP contribution in [0.5, 0.6) is 5.75 Å². The Morgan fingerprint density at radius 1 is 1.14 bits per heavy atom. The molecule has 1 saturated heterocycles. The van der Waals surface area contributed by atoms with E-state index in [9.17, 15) is 21.2 Å². The van der Waals surface area contributed by atoms with Gasteiger partial charge in [0.25, 0.3) is 0 Å². The zero-order valence-electron chi connectivity index (χ0n) is 15.6. The number of hydrogen-bond acceptors (Lipinski definition) is 6. The highest BCUT2D eigenvalue weighted by molar-refractivity contribution is 7.96. The Balaban J connectivity index is 1.86. The zero-order valence-corrected chi connectivity index (χ0v) is 17.2. The van der Waals surface area contributed by atoms with Gasteiger partial charge in [-0.15, -0.1) is 0 Å². The molecule has 0 unspecified atom stereocenters. The van der Waals surface area contributed by atoms with Crippen LogP contribution in [0.15, 0.2) is 47.4 Å². The van der Waals surface area contributed by atoms with Crippen LogP contribution in [0.25, 0.3) is 0 Å². The van der Waals surface area contributed by atoms with Crippen molar-refractivity contribution in [1.29, 1.82) is 0 Å². The summed E-state index contributed by atoms with van der Waals surface area (Å²) in [5.74, 6) is -1.02. The monoisotopic (exact) mass is 427 g/mol. The molecule has 2 atom stereocenters. The van der Waals surface area contributed by atoms with Crippen LogP contribution in [-0.2, 0) is 26.2 Å². The van der Waals surface area contributed by atoms with Gasteiger partial charge >= 0.3 is 0 Å². The molecule has 28 heavy (non-hydrogen) atoms. The lowest BCUT2D eigenvalue weighted by atomic mass is 10.2. The van der Waals surface area contributed by atoms with Crippen molar-refractivity contribution < 1.29 is 26.0 Å². The molecule has 0 spiro atoms. The van der Waals surface area contributed by atoms with E-state index in [1.165, 1.54) is 12.1 Å². The summed E-state index contributed by atoms with van der Waals surface area (Å²) < 4.78 is 69.7. The second-order valence-corrected chi connectivity index (χ2v) is 11.2. The predicted molar refractivity (Wildman–Crippen MR) is 104 cm³/mol. The van der Waals surface area contributed by atoms with Gasteiger partial charge in [0.15, 0.2) is 19.7 Å². The largest absolute Gasteiger partial charge is 0.497 e. The summed E-state index contributed by atoms with van der Waals surface area (Å²) in [6.45, 7) is 1.94. The number of nitrogens with one attached hydrogen (secondary N) is 1. The first-order chi connectivity index (χ1) is 13.1. The number of rotatable bonds is 6. The third-order valence-electron chi connectivity index (χ3n) is 4.82. The molecule has 1 heterocycles. The number of sulfone groups is 2. The van der Waals surface area contributed by atoms with E-state index in [0.29, 0.717) is 11.3 Å². The highest BCUT2D eigenvalue weighted by Gasteiger charge is 2.46. The van der Waals surface area contributed by atoms with Crippen LogP contribution in [0, 0.1) is 12.7 Å². The van der Waals surface area contributed by atoms with Crippen molar-refractivity contribution in [2.24, 2.45) is 0 Å². The maximum atomic E-state index is 14.2. The highest BCUT2D eigenvalue weighted by Crippen LogP contribution is 2.28. The van der Waals surface area contributed by atoms with E-state index in [4.69, 9.17) is 4.74 Å². The lowest BCUT2D eigenvalue weighted by Crippen LogP contribution is -2.43. The molecule has 1 aliphatic rings. The van der Waals surface area contributed by atoms with Crippen molar-refractivity contribution in [2.45, 2.75) is 29.7 Å². The molecule has 1 aliphatic heterocycles. The SMILES string of the molecule is COc1ccc(CN[C@H]2CS(=O)(=O)C[C@@H]2S(=O)(=O)c2cc(C)ccc2F)cc1. The van der Waals surface area contributed by atoms with Crippen molar-refractivity contribution in [3.05, 3.63) is 59.4 Å². The average Bonchev–Trinajstić information content (AvgIpc) is 2.98. The van der Waals surface area contributed by atoms with Crippen LogP contribution in [0.3, 0.4) is 0 Å². The average molecular weight is 428 g/mol. The zero-order chi connectivity index (χ0) is 20.5. The molecule has 2 aromatic carbocycles. The van der Waals surface area contributed by atoms with E-state index < -0.39 is 47.4 Å². The summed E-state index contributed by atoms with van der Waals surface area (Å²) in [6.07, 6.45) is 0. The Labute approximate surface area is 164 Å². The number of methoxy groups -OCH3 is 1. The number of benzene rings is 2. The summed E-state index contributed by atoms with van der Waals surface area (Å²) in [5.41, 5.74) is 1.44. The molecule has 152 valence electrons. The topological polar surface area (TPSA) is 89.5 Å².